The van der Waals surface area contributed by atoms with Crippen molar-refractivity contribution in [2.75, 3.05) is 13.2 Å². The molecule has 0 bridgehead atoms. The Kier molecular flexibility index (Phi) is 8.81. The molecule has 0 heterocycles. The number of nitrogens with two attached hydrogens (primary N) is 1. The summed E-state index contributed by atoms with van der Waals surface area (Å²) >= 11 is 8.13. The van der Waals surface area contributed by atoms with Crippen LogP contribution in [-0.2, 0) is 13.0 Å². The number of ether oxygens (including phenoxy) is 1. The Morgan fingerprint density at radius 2 is 1.65 bits per heavy atom. The van der Waals surface area contributed by atoms with E-state index in [1.54, 1.807) is 11.8 Å². The van der Waals surface area contributed by atoms with Crippen LogP contribution in [0.1, 0.15) is 24.0 Å². The Hall–Kier alpha value is -2.02. The molecule has 0 saturated carbocycles. The van der Waals surface area contributed by atoms with Crippen LogP contribution >= 0.6 is 23.4 Å². The van der Waals surface area contributed by atoms with Crippen LogP contribution in [0.2, 0.25) is 5.02 Å². The summed E-state index contributed by atoms with van der Waals surface area (Å²) in [5.74, 6) is 0.837. The summed E-state index contributed by atoms with van der Waals surface area (Å²) in [7, 11) is 0. The summed E-state index contributed by atoms with van der Waals surface area (Å²) in [5.41, 5.74) is 7.15. The second-order valence-electron chi connectivity index (χ2n) is 7.61. The number of halogens is 1. The third-order valence-corrected chi connectivity index (χ3v) is 6.49. The Morgan fingerprint density at radius 3 is 2.35 bits per heavy atom. The summed E-state index contributed by atoms with van der Waals surface area (Å²) in [5, 5.41) is 19.3. The third-order valence-electron chi connectivity index (χ3n) is 5.09. The molecule has 4 nitrogen and oxygen atoms in total. The Balaban J connectivity index is 1.62. The van der Waals surface area contributed by atoms with Gasteiger partial charge in [-0.2, -0.15) is 0 Å². The van der Waals surface area contributed by atoms with E-state index in [0.29, 0.717) is 18.1 Å². The Morgan fingerprint density at radius 1 is 0.935 bits per heavy atom. The van der Waals surface area contributed by atoms with Crippen molar-refractivity contribution in [3.8, 4) is 5.75 Å². The van der Waals surface area contributed by atoms with Gasteiger partial charge >= 0.3 is 0 Å². The smallest absolute Gasteiger partial charge is 0.133 e. The van der Waals surface area contributed by atoms with E-state index in [0.717, 1.165) is 39.5 Å². The number of hydrogen-bond donors (Lipinski definition) is 3. The molecule has 0 fully saturated rings. The van der Waals surface area contributed by atoms with Crippen LogP contribution in [0.5, 0.6) is 5.75 Å². The van der Waals surface area contributed by atoms with Gasteiger partial charge < -0.3 is 20.7 Å². The normalized spacial score (nSPS) is 11.5. The predicted molar refractivity (Wildman–Crippen MR) is 127 cm³/mol. The zero-order valence-electron chi connectivity index (χ0n) is 17.3. The van der Waals surface area contributed by atoms with E-state index in [4.69, 9.17) is 22.1 Å². The highest BCUT2D eigenvalue weighted by Crippen LogP contribution is 2.37. The SMILES string of the molecule is NC(CO)(CO)CCCc1ccc(Sc2ccccc2OCc2ccccc2)cc1Cl. The average Bonchev–Trinajstić information content (AvgIpc) is 2.80. The average molecular weight is 458 g/mol. The molecule has 3 rings (SSSR count). The van der Waals surface area contributed by atoms with E-state index in [1.807, 2.05) is 72.8 Å². The maximum atomic E-state index is 9.31. The fourth-order valence-electron chi connectivity index (χ4n) is 3.15. The quantitative estimate of drug-likeness (QED) is 0.374. The van der Waals surface area contributed by atoms with Gasteiger partial charge in [-0.3, -0.25) is 0 Å². The number of benzene rings is 3. The highest BCUT2D eigenvalue weighted by Gasteiger charge is 2.22. The van der Waals surface area contributed by atoms with Crippen molar-refractivity contribution in [2.45, 2.75) is 41.2 Å². The van der Waals surface area contributed by atoms with Crippen molar-refractivity contribution in [3.05, 3.63) is 88.9 Å². The fraction of sp³-hybridized carbons (Fsp3) is 0.280. The highest BCUT2D eigenvalue weighted by atomic mass is 35.5. The number of aliphatic hydroxyl groups is 2. The van der Waals surface area contributed by atoms with Crippen molar-refractivity contribution in [1.82, 2.24) is 0 Å². The van der Waals surface area contributed by atoms with Crippen LogP contribution in [0.4, 0.5) is 0 Å². The Labute approximate surface area is 193 Å². The van der Waals surface area contributed by atoms with Crippen molar-refractivity contribution < 1.29 is 14.9 Å². The van der Waals surface area contributed by atoms with Crippen LogP contribution in [-0.4, -0.2) is 29.0 Å². The minimum atomic E-state index is -0.939. The van der Waals surface area contributed by atoms with Gasteiger partial charge in [-0.15, -0.1) is 0 Å². The van der Waals surface area contributed by atoms with E-state index in [9.17, 15) is 10.2 Å². The molecule has 31 heavy (non-hydrogen) atoms. The predicted octanol–water partition coefficient (Wildman–Crippen LogP) is 5.08. The van der Waals surface area contributed by atoms with E-state index in [-0.39, 0.29) is 13.2 Å². The van der Waals surface area contributed by atoms with E-state index in [1.165, 1.54) is 0 Å². The van der Waals surface area contributed by atoms with Crippen molar-refractivity contribution >= 4 is 23.4 Å². The minimum absolute atomic E-state index is 0.238. The van der Waals surface area contributed by atoms with Crippen LogP contribution in [0.15, 0.2) is 82.6 Å². The number of aryl methyl sites for hydroxylation is 1. The van der Waals surface area contributed by atoms with Crippen LogP contribution in [0.3, 0.4) is 0 Å². The topological polar surface area (TPSA) is 75.7 Å². The van der Waals surface area contributed by atoms with Crippen molar-refractivity contribution in [3.63, 3.8) is 0 Å². The van der Waals surface area contributed by atoms with Gasteiger partial charge in [0.2, 0.25) is 0 Å². The summed E-state index contributed by atoms with van der Waals surface area (Å²) in [6, 6.07) is 24.1. The molecule has 4 N–H and O–H groups in total. The highest BCUT2D eigenvalue weighted by molar-refractivity contribution is 7.99. The van der Waals surface area contributed by atoms with Gasteiger partial charge in [-0.1, -0.05) is 71.9 Å². The molecule has 0 aromatic heterocycles. The van der Waals surface area contributed by atoms with Gasteiger partial charge in [0.05, 0.1) is 23.6 Å². The molecule has 0 amide bonds. The molecule has 6 heteroatoms. The van der Waals surface area contributed by atoms with Gasteiger partial charge in [-0.25, -0.2) is 0 Å². The molecular formula is C25H28ClNO3S. The molecule has 0 aliphatic carbocycles. The standard InChI is InChI=1S/C25H28ClNO3S/c26-22-15-21(13-12-20(22)9-6-14-25(27,17-28)18-29)31-24-11-5-4-10-23(24)30-16-19-7-2-1-3-8-19/h1-5,7-8,10-13,15,28-29H,6,9,14,16-18,27H2. The molecule has 0 unspecified atom stereocenters. The van der Waals surface area contributed by atoms with Gasteiger partial charge in [0.1, 0.15) is 12.4 Å². The van der Waals surface area contributed by atoms with Gasteiger partial charge in [0.15, 0.2) is 0 Å². The van der Waals surface area contributed by atoms with Gasteiger partial charge in [0.25, 0.3) is 0 Å². The first-order valence-electron chi connectivity index (χ1n) is 10.3. The molecule has 0 spiro atoms. The first kappa shape index (κ1) is 23.6. The molecule has 0 radical (unpaired) electrons. The van der Waals surface area contributed by atoms with Crippen LogP contribution in [0.25, 0.3) is 0 Å². The lowest BCUT2D eigenvalue weighted by atomic mass is 9.94. The van der Waals surface area contributed by atoms with E-state index < -0.39 is 5.54 Å². The van der Waals surface area contributed by atoms with E-state index >= 15 is 0 Å². The first-order chi connectivity index (χ1) is 15.0. The number of aliphatic hydroxyl groups excluding tert-OH is 2. The minimum Gasteiger partial charge on any atom is -0.488 e. The number of para-hydroxylation sites is 1. The molecule has 164 valence electrons. The monoisotopic (exact) mass is 457 g/mol. The summed E-state index contributed by atoms with van der Waals surface area (Å²) in [6.07, 6.45) is 2.00. The second kappa shape index (κ2) is 11.6. The maximum absolute atomic E-state index is 9.31. The molecule has 0 aliphatic heterocycles. The lowest BCUT2D eigenvalue weighted by Gasteiger charge is -2.24. The van der Waals surface area contributed by atoms with Crippen LogP contribution < -0.4 is 10.5 Å². The third kappa shape index (κ3) is 6.99. The molecular weight excluding hydrogens is 430 g/mol. The molecule has 3 aromatic carbocycles. The lowest BCUT2D eigenvalue weighted by Crippen LogP contribution is -2.47. The molecule has 0 atom stereocenters. The van der Waals surface area contributed by atoms with Crippen molar-refractivity contribution in [2.24, 2.45) is 5.73 Å². The van der Waals surface area contributed by atoms with Crippen LogP contribution in [0, 0.1) is 0 Å². The van der Waals surface area contributed by atoms with Gasteiger partial charge in [0, 0.05) is 9.92 Å². The first-order valence-corrected chi connectivity index (χ1v) is 11.4. The van der Waals surface area contributed by atoms with E-state index in [2.05, 4.69) is 0 Å². The molecule has 3 aromatic rings. The molecule has 0 saturated heterocycles. The largest absolute Gasteiger partial charge is 0.488 e. The summed E-state index contributed by atoms with van der Waals surface area (Å²) in [4.78, 5) is 2.06. The van der Waals surface area contributed by atoms with Gasteiger partial charge in [-0.05, 0) is 54.7 Å². The zero-order valence-corrected chi connectivity index (χ0v) is 18.9. The fourth-order valence-corrected chi connectivity index (χ4v) is 4.43. The lowest BCUT2D eigenvalue weighted by molar-refractivity contribution is 0.113. The number of hydrogen-bond acceptors (Lipinski definition) is 5. The summed E-state index contributed by atoms with van der Waals surface area (Å²) < 4.78 is 6.05. The molecule has 0 aliphatic rings. The maximum Gasteiger partial charge on any atom is 0.133 e. The summed E-state index contributed by atoms with van der Waals surface area (Å²) in [6.45, 7) is 0.0412. The number of rotatable bonds is 11. The van der Waals surface area contributed by atoms with Crippen molar-refractivity contribution in [1.29, 1.82) is 0 Å². The zero-order chi connectivity index (χ0) is 22.1. The second-order valence-corrected chi connectivity index (χ2v) is 9.13. The Bertz CT molecular complexity index is 964.